The van der Waals surface area contributed by atoms with Gasteiger partial charge in [0.2, 0.25) is 0 Å². The molecule has 0 saturated heterocycles. The summed E-state index contributed by atoms with van der Waals surface area (Å²) >= 11 is 1.12. The summed E-state index contributed by atoms with van der Waals surface area (Å²) in [4.78, 5) is 22.6. The van der Waals surface area contributed by atoms with E-state index in [0.29, 0.717) is 10.1 Å². The number of hydrogen-bond acceptors (Lipinski definition) is 5. The molecule has 10 heteroatoms. The number of nitro benzene ring substituents is 1. The lowest BCUT2D eigenvalue weighted by atomic mass is 10.1. The van der Waals surface area contributed by atoms with E-state index in [2.05, 4.69) is 10.5 Å². The van der Waals surface area contributed by atoms with Gasteiger partial charge in [-0.05, 0) is 29.8 Å². The molecule has 0 spiro atoms. The van der Waals surface area contributed by atoms with Crippen molar-refractivity contribution in [2.45, 2.75) is 6.18 Å². The van der Waals surface area contributed by atoms with Gasteiger partial charge in [0.25, 0.3) is 11.6 Å². The largest absolute Gasteiger partial charge is 0.416 e. The summed E-state index contributed by atoms with van der Waals surface area (Å²) in [5.74, 6) is -0.568. The van der Waals surface area contributed by atoms with E-state index >= 15 is 0 Å². The van der Waals surface area contributed by atoms with Crippen LogP contribution in [0.4, 0.5) is 18.9 Å². The van der Waals surface area contributed by atoms with Gasteiger partial charge in [-0.15, -0.1) is 11.3 Å². The average molecular weight is 393 g/mol. The minimum Gasteiger partial charge on any atom is -0.266 e. The van der Waals surface area contributed by atoms with E-state index < -0.39 is 22.6 Å². The molecular weight excluding hydrogens is 383 g/mol. The molecule has 0 aliphatic heterocycles. The summed E-state index contributed by atoms with van der Waals surface area (Å²) in [5, 5.41) is 15.0. The minimum atomic E-state index is -4.47. The molecule has 0 radical (unpaired) electrons. The number of non-ortho nitro benzene ring substituents is 1. The van der Waals surface area contributed by atoms with Crippen molar-refractivity contribution in [2.75, 3.05) is 0 Å². The van der Waals surface area contributed by atoms with E-state index in [4.69, 9.17) is 0 Å². The molecule has 0 atom stereocenters. The quantitative estimate of drug-likeness (QED) is 0.400. The zero-order chi connectivity index (χ0) is 19.6. The number of carbonyl (C=O) groups is 1. The maximum Gasteiger partial charge on any atom is 0.416 e. The molecule has 1 amide bonds. The molecule has 2 aromatic carbocycles. The Morgan fingerprint density at radius 3 is 2.67 bits per heavy atom. The van der Waals surface area contributed by atoms with Crippen molar-refractivity contribution in [3.05, 3.63) is 74.6 Å². The molecule has 3 rings (SSSR count). The number of nitro groups is 1. The predicted octanol–water partition coefficient (Wildman–Crippen LogP) is 4.59. The highest BCUT2D eigenvalue weighted by molar-refractivity contribution is 7.20. The maximum atomic E-state index is 12.7. The van der Waals surface area contributed by atoms with Crippen LogP contribution in [0.15, 0.2) is 53.6 Å². The number of fused-ring (bicyclic) bond motifs is 1. The first kappa shape index (κ1) is 18.5. The van der Waals surface area contributed by atoms with Crippen molar-refractivity contribution in [1.82, 2.24) is 5.43 Å². The molecule has 6 nitrogen and oxygen atoms in total. The Labute approximate surface area is 154 Å². The highest BCUT2D eigenvalue weighted by Crippen LogP contribution is 2.30. The van der Waals surface area contributed by atoms with Crippen molar-refractivity contribution >= 4 is 39.2 Å². The second-order valence-corrected chi connectivity index (χ2v) is 6.50. The molecule has 1 N–H and O–H groups in total. The summed E-state index contributed by atoms with van der Waals surface area (Å²) in [6.07, 6.45) is -3.36. The monoisotopic (exact) mass is 393 g/mol. The Hall–Kier alpha value is -3.27. The van der Waals surface area contributed by atoms with E-state index in [1.807, 2.05) is 0 Å². The highest BCUT2D eigenvalue weighted by Gasteiger charge is 2.30. The third kappa shape index (κ3) is 4.29. The molecule has 0 aliphatic carbocycles. The van der Waals surface area contributed by atoms with Crippen LogP contribution in [-0.2, 0) is 6.18 Å². The Morgan fingerprint density at radius 2 is 1.96 bits per heavy atom. The van der Waals surface area contributed by atoms with Gasteiger partial charge in [0, 0.05) is 22.2 Å². The average Bonchev–Trinajstić information content (AvgIpc) is 3.04. The number of nitrogens with zero attached hydrogens (tertiary/aromatic N) is 2. The highest BCUT2D eigenvalue weighted by atomic mass is 32.1. The number of halogens is 3. The van der Waals surface area contributed by atoms with Gasteiger partial charge in [-0.1, -0.05) is 12.1 Å². The van der Waals surface area contributed by atoms with Crippen LogP contribution < -0.4 is 5.43 Å². The second-order valence-electron chi connectivity index (χ2n) is 5.41. The van der Waals surface area contributed by atoms with Gasteiger partial charge in [0.15, 0.2) is 0 Å². The predicted molar refractivity (Wildman–Crippen MR) is 95.0 cm³/mol. The van der Waals surface area contributed by atoms with Crippen LogP contribution in [0.3, 0.4) is 0 Å². The Kier molecular flexibility index (Phi) is 4.91. The van der Waals surface area contributed by atoms with Crippen molar-refractivity contribution in [2.24, 2.45) is 5.10 Å². The maximum absolute atomic E-state index is 12.7. The Balaban J connectivity index is 1.73. The standard InChI is InChI=1S/C17H10F3N3O3S/c18-17(19,20)12-3-1-2-10(6-12)9-21-22-16(24)15-8-11-7-13(23(25)26)4-5-14(11)27-15/h1-9H,(H,22,24)/b21-9-. The fourth-order valence-electron chi connectivity index (χ4n) is 2.27. The number of carbonyl (C=O) groups excluding carboxylic acids is 1. The summed E-state index contributed by atoms with van der Waals surface area (Å²) in [6, 6.07) is 10.2. The van der Waals surface area contributed by atoms with Crippen molar-refractivity contribution in [1.29, 1.82) is 0 Å². The number of rotatable bonds is 4. The molecule has 3 aromatic rings. The van der Waals surface area contributed by atoms with Crippen LogP contribution in [-0.4, -0.2) is 17.0 Å². The van der Waals surface area contributed by atoms with Crippen molar-refractivity contribution in [3.8, 4) is 0 Å². The van der Waals surface area contributed by atoms with Gasteiger partial charge in [0.05, 0.1) is 21.6 Å². The van der Waals surface area contributed by atoms with Gasteiger partial charge < -0.3 is 0 Å². The smallest absolute Gasteiger partial charge is 0.266 e. The Bertz CT molecular complexity index is 1060. The van der Waals surface area contributed by atoms with Crippen LogP contribution in [0.2, 0.25) is 0 Å². The lowest BCUT2D eigenvalue weighted by Gasteiger charge is -2.06. The van der Waals surface area contributed by atoms with Crippen LogP contribution in [0.5, 0.6) is 0 Å². The third-order valence-electron chi connectivity index (χ3n) is 3.53. The minimum absolute atomic E-state index is 0.0881. The lowest BCUT2D eigenvalue weighted by Crippen LogP contribution is -2.16. The van der Waals surface area contributed by atoms with Crippen molar-refractivity contribution in [3.63, 3.8) is 0 Å². The lowest BCUT2D eigenvalue weighted by molar-refractivity contribution is -0.384. The number of benzene rings is 2. The number of hydrogen-bond donors (Lipinski definition) is 1. The molecule has 0 aliphatic rings. The Morgan fingerprint density at radius 1 is 1.19 bits per heavy atom. The molecule has 27 heavy (non-hydrogen) atoms. The van der Waals surface area contributed by atoms with E-state index in [-0.39, 0.29) is 16.1 Å². The zero-order valence-corrected chi connectivity index (χ0v) is 14.2. The van der Waals surface area contributed by atoms with E-state index in [1.165, 1.54) is 30.3 Å². The number of hydrazone groups is 1. The fraction of sp³-hybridized carbons (Fsp3) is 0.0588. The van der Waals surface area contributed by atoms with Gasteiger partial charge in [-0.25, -0.2) is 5.43 Å². The van der Waals surface area contributed by atoms with Crippen LogP contribution in [0.1, 0.15) is 20.8 Å². The molecular formula is C17H10F3N3O3S. The van der Waals surface area contributed by atoms with Crippen LogP contribution >= 0.6 is 11.3 Å². The molecule has 0 saturated carbocycles. The number of alkyl halides is 3. The van der Waals surface area contributed by atoms with E-state index in [9.17, 15) is 28.1 Å². The molecule has 1 heterocycles. The summed E-state index contributed by atoms with van der Waals surface area (Å²) < 4.78 is 38.7. The van der Waals surface area contributed by atoms with Gasteiger partial charge in [0.1, 0.15) is 0 Å². The van der Waals surface area contributed by atoms with E-state index in [1.54, 1.807) is 6.07 Å². The molecule has 0 fully saturated rings. The SMILES string of the molecule is O=C(N/N=C\c1cccc(C(F)(F)F)c1)c1cc2cc([N+](=O)[O-])ccc2s1. The summed E-state index contributed by atoms with van der Waals surface area (Å²) in [6.45, 7) is 0. The first-order valence-electron chi connectivity index (χ1n) is 7.43. The number of amides is 1. The molecule has 138 valence electrons. The third-order valence-corrected chi connectivity index (χ3v) is 4.64. The first-order valence-corrected chi connectivity index (χ1v) is 8.24. The van der Waals surface area contributed by atoms with Crippen LogP contribution in [0.25, 0.3) is 10.1 Å². The zero-order valence-electron chi connectivity index (χ0n) is 13.4. The summed E-state index contributed by atoms with van der Waals surface area (Å²) in [5.41, 5.74) is 1.50. The second kappa shape index (κ2) is 7.16. The normalized spacial score (nSPS) is 11.8. The van der Waals surface area contributed by atoms with Gasteiger partial charge in [-0.3, -0.25) is 14.9 Å². The topological polar surface area (TPSA) is 84.6 Å². The fourth-order valence-corrected chi connectivity index (χ4v) is 3.20. The van der Waals surface area contributed by atoms with Gasteiger partial charge in [-0.2, -0.15) is 18.3 Å². The number of thiophene rings is 1. The van der Waals surface area contributed by atoms with E-state index in [0.717, 1.165) is 29.7 Å². The van der Waals surface area contributed by atoms with Gasteiger partial charge >= 0.3 is 6.18 Å². The van der Waals surface area contributed by atoms with Crippen LogP contribution in [0, 0.1) is 10.1 Å². The molecule has 1 aromatic heterocycles. The molecule has 0 unspecified atom stereocenters. The summed E-state index contributed by atoms with van der Waals surface area (Å²) in [7, 11) is 0. The number of nitrogens with one attached hydrogen (secondary N) is 1. The molecule has 0 bridgehead atoms. The first-order chi connectivity index (χ1) is 12.7. The van der Waals surface area contributed by atoms with Crippen molar-refractivity contribution < 1.29 is 22.9 Å².